The Morgan fingerprint density at radius 2 is 1.90 bits per heavy atom. The summed E-state index contributed by atoms with van der Waals surface area (Å²) in [5.74, 6) is 0.949. The Morgan fingerprint density at radius 3 is 2.68 bits per heavy atom. The molecule has 4 aromatic heterocycles. The van der Waals surface area contributed by atoms with Gasteiger partial charge in [0.2, 0.25) is 5.88 Å². The number of imidazole rings is 1. The second kappa shape index (κ2) is 6.83. The summed E-state index contributed by atoms with van der Waals surface area (Å²) in [7, 11) is 0. The molecule has 4 heterocycles. The smallest absolute Gasteiger partial charge is 0.434 e. The van der Waals surface area contributed by atoms with Gasteiger partial charge in [-0.15, -0.1) is 0 Å². The van der Waals surface area contributed by atoms with Gasteiger partial charge in [-0.05, 0) is 49.7 Å². The first kappa shape index (κ1) is 19.1. The van der Waals surface area contributed by atoms with Gasteiger partial charge in [-0.3, -0.25) is 9.38 Å². The van der Waals surface area contributed by atoms with Crippen LogP contribution in [0.15, 0.2) is 59.6 Å². The average molecular weight is 424 g/mol. The third-order valence-electron chi connectivity index (χ3n) is 4.99. The monoisotopic (exact) mass is 424 g/mol. The molecule has 0 bridgehead atoms. The fourth-order valence-electron chi connectivity index (χ4n) is 3.54. The van der Waals surface area contributed by atoms with Crippen molar-refractivity contribution in [1.29, 1.82) is 0 Å². The van der Waals surface area contributed by atoms with Gasteiger partial charge in [0, 0.05) is 18.0 Å². The fraction of sp³-hybridized carbons (Fsp3) is 0.136. The van der Waals surface area contributed by atoms with Crippen molar-refractivity contribution in [2.24, 2.45) is 0 Å². The Hall–Kier alpha value is -3.88. The molecule has 0 radical (unpaired) electrons. The van der Waals surface area contributed by atoms with Crippen LogP contribution in [0.25, 0.3) is 27.9 Å². The molecule has 0 N–H and O–H groups in total. The van der Waals surface area contributed by atoms with Crippen molar-refractivity contribution in [3.63, 3.8) is 0 Å². The fourth-order valence-corrected chi connectivity index (χ4v) is 3.54. The van der Waals surface area contributed by atoms with Crippen molar-refractivity contribution >= 4 is 16.6 Å². The number of furan rings is 1. The van der Waals surface area contributed by atoms with E-state index in [1.54, 1.807) is 49.7 Å². The van der Waals surface area contributed by atoms with Crippen LogP contribution in [0.2, 0.25) is 0 Å². The van der Waals surface area contributed by atoms with E-state index in [1.165, 1.54) is 10.6 Å². The zero-order valence-corrected chi connectivity index (χ0v) is 16.4. The van der Waals surface area contributed by atoms with Gasteiger partial charge in [-0.2, -0.15) is 13.2 Å². The highest BCUT2D eigenvalue weighted by molar-refractivity contribution is 5.82. The Kier molecular flexibility index (Phi) is 4.21. The third kappa shape index (κ3) is 3.27. The number of fused-ring (bicyclic) bond motifs is 2. The lowest BCUT2D eigenvalue weighted by Gasteiger charge is -2.13. The quantitative estimate of drug-likeness (QED) is 0.357. The van der Waals surface area contributed by atoms with Gasteiger partial charge in [0.15, 0.2) is 11.3 Å². The number of aryl methyl sites for hydroxylation is 2. The number of benzene rings is 1. The number of rotatable bonds is 3. The van der Waals surface area contributed by atoms with E-state index in [1.807, 2.05) is 6.92 Å². The lowest BCUT2D eigenvalue weighted by atomic mass is 10.0. The highest BCUT2D eigenvalue weighted by atomic mass is 19.4. The molecule has 1 aromatic carbocycles. The minimum Gasteiger partial charge on any atom is -0.464 e. The second-order valence-corrected chi connectivity index (χ2v) is 7.07. The van der Waals surface area contributed by atoms with E-state index in [0.717, 1.165) is 22.7 Å². The minimum atomic E-state index is -4.54. The van der Waals surface area contributed by atoms with Crippen LogP contribution < -0.4 is 4.74 Å². The Balaban J connectivity index is 1.57. The van der Waals surface area contributed by atoms with Crippen LogP contribution in [0.5, 0.6) is 11.6 Å². The number of alkyl halides is 3. The van der Waals surface area contributed by atoms with Crippen molar-refractivity contribution in [2.75, 3.05) is 0 Å². The predicted octanol–water partition coefficient (Wildman–Crippen LogP) is 5.97. The molecule has 0 fully saturated rings. The maximum atomic E-state index is 13.2. The molecule has 156 valence electrons. The van der Waals surface area contributed by atoms with E-state index in [2.05, 4.69) is 15.0 Å². The maximum Gasteiger partial charge on any atom is 0.434 e. The molecular formula is C22H15F3N4O2. The molecule has 9 heteroatoms. The highest BCUT2D eigenvalue weighted by Crippen LogP contribution is 2.34. The zero-order valence-electron chi connectivity index (χ0n) is 16.4. The van der Waals surface area contributed by atoms with E-state index in [0.29, 0.717) is 28.6 Å². The first-order chi connectivity index (χ1) is 14.8. The summed E-state index contributed by atoms with van der Waals surface area (Å²) in [5.41, 5.74) is 2.48. The zero-order chi connectivity index (χ0) is 21.8. The van der Waals surface area contributed by atoms with Gasteiger partial charge < -0.3 is 9.15 Å². The summed E-state index contributed by atoms with van der Waals surface area (Å²) >= 11 is 0. The second-order valence-electron chi connectivity index (χ2n) is 7.07. The van der Waals surface area contributed by atoms with Crippen LogP contribution in [0, 0.1) is 13.8 Å². The summed E-state index contributed by atoms with van der Waals surface area (Å²) in [4.78, 5) is 12.2. The van der Waals surface area contributed by atoms with E-state index >= 15 is 0 Å². The number of hydrogen-bond donors (Lipinski definition) is 0. The number of hydrogen-bond acceptors (Lipinski definition) is 5. The van der Waals surface area contributed by atoms with Crippen molar-refractivity contribution < 1.29 is 22.3 Å². The summed E-state index contributed by atoms with van der Waals surface area (Å²) in [5, 5.41) is 0.743. The van der Waals surface area contributed by atoms with Crippen molar-refractivity contribution in [3.8, 4) is 22.9 Å². The molecule has 0 saturated heterocycles. The van der Waals surface area contributed by atoms with Gasteiger partial charge in [-0.1, -0.05) is 0 Å². The van der Waals surface area contributed by atoms with E-state index in [9.17, 15) is 13.2 Å². The van der Waals surface area contributed by atoms with Gasteiger partial charge in [0.1, 0.15) is 11.3 Å². The summed E-state index contributed by atoms with van der Waals surface area (Å²) in [6, 6.07) is 8.84. The molecule has 0 spiro atoms. The minimum absolute atomic E-state index is 0.128. The summed E-state index contributed by atoms with van der Waals surface area (Å²) < 4.78 is 52.2. The first-order valence-electron chi connectivity index (χ1n) is 9.34. The molecule has 0 aliphatic rings. The van der Waals surface area contributed by atoms with Crippen LogP contribution in [0.1, 0.15) is 17.0 Å². The Labute approximate surface area is 174 Å². The Morgan fingerprint density at radius 1 is 1.06 bits per heavy atom. The SMILES string of the molecule is Cc1cc(Oc2nccc3occc23)ccc1-c1c(C)ncc2nc(C(F)(F)F)cn12. The first-order valence-corrected chi connectivity index (χ1v) is 9.34. The molecule has 5 rings (SSSR count). The molecule has 6 nitrogen and oxygen atoms in total. The molecule has 0 atom stereocenters. The number of halogens is 3. The average Bonchev–Trinajstić information content (AvgIpc) is 3.36. The van der Waals surface area contributed by atoms with Crippen molar-refractivity contribution in [3.05, 3.63) is 72.1 Å². The number of ether oxygens (including phenoxy) is 1. The molecule has 0 aliphatic carbocycles. The largest absolute Gasteiger partial charge is 0.464 e. The molecular weight excluding hydrogens is 409 g/mol. The number of pyridine rings is 1. The molecule has 0 aliphatic heterocycles. The van der Waals surface area contributed by atoms with Crippen molar-refractivity contribution in [2.45, 2.75) is 20.0 Å². The van der Waals surface area contributed by atoms with Gasteiger partial charge in [-0.25, -0.2) is 9.97 Å². The van der Waals surface area contributed by atoms with Gasteiger partial charge >= 0.3 is 6.18 Å². The van der Waals surface area contributed by atoms with E-state index in [-0.39, 0.29) is 5.65 Å². The van der Waals surface area contributed by atoms with Gasteiger partial charge in [0.05, 0.1) is 29.2 Å². The molecule has 0 unspecified atom stereocenters. The van der Waals surface area contributed by atoms with Crippen LogP contribution in [0.4, 0.5) is 13.2 Å². The van der Waals surface area contributed by atoms with E-state index < -0.39 is 11.9 Å². The topological polar surface area (TPSA) is 65.5 Å². The highest BCUT2D eigenvalue weighted by Gasteiger charge is 2.34. The van der Waals surface area contributed by atoms with Crippen LogP contribution >= 0.6 is 0 Å². The number of nitrogens with zero attached hydrogens (tertiary/aromatic N) is 4. The van der Waals surface area contributed by atoms with Crippen molar-refractivity contribution in [1.82, 2.24) is 19.4 Å². The molecule has 5 aromatic rings. The molecule has 0 saturated carbocycles. The summed E-state index contributed by atoms with van der Waals surface area (Å²) in [6.07, 6.45) is 0.940. The molecule has 0 amide bonds. The third-order valence-corrected chi connectivity index (χ3v) is 4.99. The normalized spacial score (nSPS) is 12.0. The lowest BCUT2D eigenvalue weighted by Crippen LogP contribution is -2.04. The van der Waals surface area contributed by atoms with Crippen LogP contribution in [-0.4, -0.2) is 19.4 Å². The van der Waals surface area contributed by atoms with Gasteiger partial charge in [0.25, 0.3) is 0 Å². The van der Waals surface area contributed by atoms with Crippen LogP contribution in [0.3, 0.4) is 0 Å². The lowest BCUT2D eigenvalue weighted by molar-refractivity contribution is -0.140. The Bertz CT molecular complexity index is 1440. The number of aromatic nitrogens is 4. The molecule has 31 heavy (non-hydrogen) atoms. The predicted molar refractivity (Wildman–Crippen MR) is 107 cm³/mol. The summed E-state index contributed by atoms with van der Waals surface area (Å²) in [6.45, 7) is 3.60. The maximum absolute atomic E-state index is 13.2. The standard InChI is InChI=1S/C22H15F3N4O2/c1-12-9-14(31-21-16-6-8-30-17(16)5-7-26-21)3-4-15(12)20-13(2)27-10-19-28-18(11-29(19)20)22(23,24)25/h3-11H,1-2H3. The van der Waals surface area contributed by atoms with E-state index in [4.69, 9.17) is 9.15 Å². The van der Waals surface area contributed by atoms with Crippen LogP contribution in [-0.2, 0) is 6.18 Å².